The summed E-state index contributed by atoms with van der Waals surface area (Å²) in [6.45, 7) is -0.0416. The Labute approximate surface area is 142 Å². The normalized spacial score (nSPS) is 10.4. The van der Waals surface area contributed by atoms with Crippen LogP contribution in [0.3, 0.4) is 0 Å². The van der Waals surface area contributed by atoms with E-state index in [4.69, 9.17) is 11.2 Å². The van der Waals surface area contributed by atoms with Gasteiger partial charge >= 0.3 is 0 Å². The highest BCUT2D eigenvalue weighted by molar-refractivity contribution is 7.16. The van der Waals surface area contributed by atoms with E-state index in [1.165, 1.54) is 35.4 Å². The second-order valence-electron chi connectivity index (χ2n) is 4.98. The molecule has 0 aliphatic rings. The number of carbonyl (C=O) groups is 1. The summed E-state index contributed by atoms with van der Waals surface area (Å²) in [5, 5.41) is 0. The standard InChI is InChI=1S/C18H13FN2O2S/c1-3-9-23-15-6-4-5-14(17(15)19)21(2)18(22)12-7-8-13-16(10-12)24-11-20-13/h1,4-8,10-11H,9H2,2H3. The molecule has 120 valence electrons. The van der Waals surface area contributed by atoms with Gasteiger partial charge in [-0.05, 0) is 30.3 Å². The first kappa shape index (κ1) is 16.0. The number of carbonyl (C=O) groups excluding carboxylic acids is 1. The highest BCUT2D eigenvalue weighted by Crippen LogP contribution is 2.28. The fourth-order valence-corrected chi connectivity index (χ4v) is 3.00. The fraction of sp³-hybridized carbons (Fsp3) is 0.111. The van der Waals surface area contributed by atoms with Crippen LogP contribution in [0.15, 0.2) is 41.9 Å². The summed E-state index contributed by atoms with van der Waals surface area (Å²) < 4.78 is 20.6. The monoisotopic (exact) mass is 340 g/mol. The van der Waals surface area contributed by atoms with Gasteiger partial charge in [0.05, 0.1) is 21.4 Å². The molecule has 0 fully saturated rings. The summed E-state index contributed by atoms with van der Waals surface area (Å²) in [5.41, 5.74) is 3.13. The molecule has 1 heterocycles. The quantitative estimate of drug-likeness (QED) is 0.680. The summed E-state index contributed by atoms with van der Waals surface area (Å²) in [7, 11) is 1.52. The summed E-state index contributed by atoms with van der Waals surface area (Å²) in [4.78, 5) is 18.1. The number of rotatable bonds is 4. The minimum atomic E-state index is -0.623. The number of hydrogen-bond acceptors (Lipinski definition) is 4. The molecule has 0 bridgehead atoms. The molecule has 0 saturated carbocycles. The van der Waals surface area contributed by atoms with Crippen molar-refractivity contribution < 1.29 is 13.9 Å². The Morgan fingerprint density at radius 3 is 3.04 bits per heavy atom. The number of benzene rings is 2. The molecule has 4 nitrogen and oxygen atoms in total. The van der Waals surface area contributed by atoms with Gasteiger partial charge in [0.2, 0.25) is 0 Å². The minimum absolute atomic E-state index is 0.0167. The number of halogens is 1. The molecule has 24 heavy (non-hydrogen) atoms. The molecular weight excluding hydrogens is 327 g/mol. The number of terminal acetylenes is 1. The lowest BCUT2D eigenvalue weighted by atomic mass is 10.1. The van der Waals surface area contributed by atoms with Crippen LogP contribution in [0.2, 0.25) is 0 Å². The van der Waals surface area contributed by atoms with Crippen molar-refractivity contribution in [1.82, 2.24) is 4.98 Å². The van der Waals surface area contributed by atoms with E-state index in [0.717, 1.165) is 10.2 Å². The molecule has 1 aromatic heterocycles. The van der Waals surface area contributed by atoms with Crippen molar-refractivity contribution in [3.63, 3.8) is 0 Å². The third kappa shape index (κ3) is 2.94. The van der Waals surface area contributed by atoms with Crippen molar-refractivity contribution >= 4 is 33.1 Å². The predicted octanol–water partition coefficient (Wildman–Crippen LogP) is 3.72. The maximum atomic E-state index is 14.5. The molecule has 6 heteroatoms. The molecular formula is C18H13FN2O2S. The second-order valence-corrected chi connectivity index (χ2v) is 5.87. The zero-order valence-corrected chi connectivity index (χ0v) is 13.6. The Morgan fingerprint density at radius 2 is 2.25 bits per heavy atom. The third-order valence-electron chi connectivity index (χ3n) is 3.50. The van der Waals surface area contributed by atoms with Crippen LogP contribution >= 0.6 is 11.3 Å². The van der Waals surface area contributed by atoms with Gasteiger partial charge in [-0.2, -0.15) is 0 Å². The Hall–Kier alpha value is -2.91. The van der Waals surface area contributed by atoms with Crippen LogP contribution in [0.4, 0.5) is 10.1 Å². The number of anilines is 1. The molecule has 0 spiro atoms. The number of thiazole rings is 1. The van der Waals surface area contributed by atoms with Gasteiger partial charge in [0.15, 0.2) is 11.6 Å². The van der Waals surface area contributed by atoms with Gasteiger partial charge in [0.1, 0.15) is 6.61 Å². The Bertz CT molecular complexity index is 946. The molecule has 0 unspecified atom stereocenters. The van der Waals surface area contributed by atoms with Crippen LogP contribution < -0.4 is 9.64 Å². The maximum Gasteiger partial charge on any atom is 0.258 e. The van der Waals surface area contributed by atoms with Gasteiger partial charge in [0, 0.05) is 12.6 Å². The number of fused-ring (bicyclic) bond motifs is 1. The van der Waals surface area contributed by atoms with Gasteiger partial charge in [-0.3, -0.25) is 4.79 Å². The van der Waals surface area contributed by atoms with Gasteiger partial charge in [-0.15, -0.1) is 17.8 Å². The van der Waals surface area contributed by atoms with Crippen LogP contribution in [0, 0.1) is 18.2 Å². The Morgan fingerprint density at radius 1 is 1.42 bits per heavy atom. The lowest BCUT2D eigenvalue weighted by Crippen LogP contribution is -2.27. The fourth-order valence-electron chi connectivity index (χ4n) is 2.28. The topological polar surface area (TPSA) is 42.4 Å². The molecule has 0 radical (unpaired) electrons. The van der Waals surface area contributed by atoms with Gasteiger partial charge in [-0.25, -0.2) is 9.37 Å². The average molecular weight is 340 g/mol. The second kappa shape index (κ2) is 6.69. The van der Waals surface area contributed by atoms with Crippen LogP contribution in [0.1, 0.15) is 10.4 Å². The first-order valence-electron chi connectivity index (χ1n) is 7.08. The van der Waals surface area contributed by atoms with Crippen molar-refractivity contribution in [3.8, 4) is 18.1 Å². The summed E-state index contributed by atoms with van der Waals surface area (Å²) in [6, 6.07) is 9.80. The van der Waals surface area contributed by atoms with Crippen LogP contribution in [0.5, 0.6) is 5.75 Å². The van der Waals surface area contributed by atoms with Crippen molar-refractivity contribution in [1.29, 1.82) is 0 Å². The van der Waals surface area contributed by atoms with E-state index in [0.29, 0.717) is 5.56 Å². The molecule has 3 rings (SSSR count). The minimum Gasteiger partial charge on any atom is -0.478 e. The van der Waals surface area contributed by atoms with E-state index in [-0.39, 0.29) is 24.0 Å². The number of aromatic nitrogens is 1. The van der Waals surface area contributed by atoms with Gasteiger partial charge in [0.25, 0.3) is 5.91 Å². The molecule has 3 aromatic rings. The molecule has 0 aliphatic carbocycles. The van der Waals surface area contributed by atoms with Crippen LogP contribution in [0.25, 0.3) is 10.2 Å². The summed E-state index contributed by atoms with van der Waals surface area (Å²) in [5.74, 6) is 1.35. The zero-order chi connectivity index (χ0) is 17.1. The number of amides is 1. The highest BCUT2D eigenvalue weighted by atomic mass is 32.1. The number of ether oxygens (including phenoxy) is 1. The highest BCUT2D eigenvalue weighted by Gasteiger charge is 2.19. The summed E-state index contributed by atoms with van der Waals surface area (Å²) >= 11 is 1.45. The molecule has 2 aromatic carbocycles. The maximum absolute atomic E-state index is 14.5. The molecule has 1 amide bonds. The van der Waals surface area contributed by atoms with Crippen LogP contribution in [-0.4, -0.2) is 24.5 Å². The number of nitrogens with zero attached hydrogens (tertiary/aromatic N) is 2. The third-order valence-corrected chi connectivity index (χ3v) is 4.29. The van der Waals surface area contributed by atoms with Crippen molar-refractivity contribution in [3.05, 3.63) is 53.3 Å². The number of hydrogen-bond donors (Lipinski definition) is 0. The predicted molar refractivity (Wildman–Crippen MR) is 93.1 cm³/mol. The van der Waals surface area contributed by atoms with E-state index >= 15 is 0 Å². The first-order chi connectivity index (χ1) is 11.6. The first-order valence-corrected chi connectivity index (χ1v) is 7.96. The van der Waals surface area contributed by atoms with E-state index < -0.39 is 5.82 Å². The average Bonchev–Trinajstić information content (AvgIpc) is 3.07. The van der Waals surface area contributed by atoms with E-state index in [9.17, 15) is 9.18 Å². The smallest absolute Gasteiger partial charge is 0.258 e. The van der Waals surface area contributed by atoms with E-state index in [2.05, 4.69) is 10.9 Å². The lowest BCUT2D eigenvalue weighted by Gasteiger charge is -2.19. The zero-order valence-electron chi connectivity index (χ0n) is 12.8. The largest absolute Gasteiger partial charge is 0.478 e. The Kier molecular flexibility index (Phi) is 4.45. The van der Waals surface area contributed by atoms with Crippen molar-refractivity contribution in [2.24, 2.45) is 0 Å². The molecule has 0 N–H and O–H groups in total. The molecule has 0 aliphatic heterocycles. The van der Waals surface area contributed by atoms with Crippen molar-refractivity contribution in [2.75, 3.05) is 18.6 Å². The van der Waals surface area contributed by atoms with Gasteiger partial charge in [-0.1, -0.05) is 12.0 Å². The SMILES string of the molecule is C#CCOc1cccc(N(C)C(=O)c2ccc3ncsc3c2)c1F. The van der Waals surface area contributed by atoms with Gasteiger partial charge < -0.3 is 9.64 Å². The van der Waals surface area contributed by atoms with E-state index in [1.807, 2.05) is 0 Å². The Balaban J connectivity index is 1.91. The van der Waals surface area contributed by atoms with Crippen LogP contribution in [-0.2, 0) is 0 Å². The van der Waals surface area contributed by atoms with Crippen molar-refractivity contribution in [2.45, 2.75) is 0 Å². The molecule has 0 saturated heterocycles. The molecule has 0 atom stereocenters. The van der Waals surface area contributed by atoms with E-state index in [1.54, 1.807) is 29.8 Å². The summed E-state index contributed by atoms with van der Waals surface area (Å²) in [6.07, 6.45) is 5.12. The lowest BCUT2D eigenvalue weighted by molar-refractivity contribution is 0.0992.